The molecule has 2 aromatic rings. The van der Waals surface area contributed by atoms with Gasteiger partial charge in [0.15, 0.2) is 5.65 Å². The van der Waals surface area contributed by atoms with Crippen molar-refractivity contribution in [1.82, 2.24) is 19.6 Å². The van der Waals surface area contributed by atoms with Crippen molar-refractivity contribution in [3.8, 4) is 0 Å². The van der Waals surface area contributed by atoms with Gasteiger partial charge in [-0.25, -0.2) is 9.78 Å². The first-order valence-electron chi connectivity index (χ1n) is 3.44. The summed E-state index contributed by atoms with van der Waals surface area (Å²) in [4.78, 5) is 27.5. The highest BCUT2D eigenvalue weighted by Crippen LogP contribution is 2.00. The van der Waals surface area contributed by atoms with Gasteiger partial charge in [-0.15, -0.1) is 0 Å². The van der Waals surface area contributed by atoms with Gasteiger partial charge in [-0.3, -0.25) is 9.78 Å². The van der Waals surface area contributed by atoms with E-state index in [0.717, 1.165) is 4.52 Å². The molecule has 0 saturated carbocycles. The number of aromatic amines is 1. The van der Waals surface area contributed by atoms with E-state index in [1.807, 2.05) is 0 Å². The third kappa shape index (κ3) is 1.15. The number of hydrogen-bond acceptors (Lipinski definition) is 4. The van der Waals surface area contributed by atoms with Gasteiger partial charge in [0.2, 0.25) is 6.41 Å². The molecule has 0 fully saturated rings. The molecule has 0 unspecified atom stereocenters. The fourth-order valence-corrected chi connectivity index (χ4v) is 0.980. The number of anilines is 1. The molecule has 0 aromatic carbocycles. The van der Waals surface area contributed by atoms with Crippen LogP contribution in [0.25, 0.3) is 5.65 Å². The second-order valence-electron chi connectivity index (χ2n) is 2.28. The molecule has 2 rings (SSSR count). The van der Waals surface area contributed by atoms with Crippen LogP contribution in [0.15, 0.2) is 17.2 Å². The summed E-state index contributed by atoms with van der Waals surface area (Å²) < 4.78 is 1.09. The van der Waals surface area contributed by atoms with Gasteiger partial charge >= 0.3 is 5.69 Å². The summed E-state index contributed by atoms with van der Waals surface area (Å²) in [7, 11) is 0. The van der Waals surface area contributed by atoms with Crippen LogP contribution in [0.2, 0.25) is 0 Å². The monoisotopic (exact) mass is 179 g/mol. The van der Waals surface area contributed by atoms with Crippen molar-refractivity contribution in [2.45, 2.75) is 0 Å². The molecule has 0 bridgehead atoms. The molecule has 0 aliphatic rings. The third-order valence-electron chi connectivity index (χ3n) is 1.50. The molecule has 1 amide bonds. The molecule has 0 spiro atoms. The predicted octanol–water partition coefficient (Wildman–Crippen LogP) is -1.01. The van der Waals surface area contributed by atoms with Crippen LogP contribution in [0.4, 0.5) is 5.82 Å². The largest absolute Gasteiger partial charge is 0.349 e. The van der Waals surface area contributed by atoms with E-state index in [4.69, 9.17) is 0 Å². The number of nitrogens with zero attached hydrogens (tertiary/aromatic N) is 3. The summed E-state index contributed by atoms with van der Waals surface area (Å²) in [6, 6.07) is 1.50. The predicted molar refractivity (Wildman–Crippen MR) is 43.3 cm³/mol. The van der Waals surface area contributed by atoms with Gasteiger partial charge in [0, 0.05) is 6.07 Å². The van der Waals surface area contributed by atoms with Gasteiger partial charge in [0.1, 0.15) is 12.1 Å². The molecule has 0 atom stereocenters. The van der Waals surface area contributed by atoms with Crippen molar-refractivity contribution < 1.29 is 4.79 Å². The Morgan fingerprint density at radius 3 is 3.23 bits per heavy atom. The normalized spacial score (nSPS) is 10.2. The maximum atomic E-state index is 11.2. The van der Waals surface area contributed by atoms with Crippen molar-refractivity contribution in [2.24, 2.45) is 0 Å². The average Bonchev–Trinajstić information content (AvgIpc) is 2.53. The summed E-state index contributed by atoms with van der Waals surface area (Å²) in [5.41, 5.74) is -0.0625. The highest BCUT2D eigenvalue weighted by Gasteiger charge is 2.01. The van der Waals surface area contributed by atoms with E-state index in [1.165, 1.54) is 12.4 Å². The van der Waals surface area contributed by atoms with Crippen LogP contribution in [0.3, 0.4) is 0 Å². The minimum atomic E-state index is -0.445. The van der Waals surface area contributed by atoms with E-state index in [-0.39, 0.29) is 0 Å². The molecule has 66 valence electrons. The number of carbonyl (C=O) groups excluding carboxylic acids is 1. The van der Waals surface area contributed by atoms with Gasteiger partial charge in [-0.05, 0) is 0 Å². The number of nitrogens with one attached hydrogen (secondary N) is 2. The molecule has 2 heterocycles. The lowest BCUT2D eigenvalue weighted by Crippen LogP contribution is -2.18. The lowest BCUT2D eigenvalue weighted by molar-refractivity contribution is -0.105. The quantitative estimate of drug-likeness (QED) is 0.577. The number of rotatable bonds is 2. The standard InChI is InChI=1S/C6H5N5O2/c12-3-8-4-1-5-7-2-9-11(5)6(13)10-4/h1-3H,(H,8,12)(H,10,13). The molecule has 7 heteroatoms. The van der Waals surface area contributed by atoms with Crippen molar-refractivity contribution in [2.75, 3.05) is 5.32 Å². The van der Waals surface area contributed by atoms with Crippen LogP contribution >= 0.6 is 0 Å². The summed E-state index contributed by atoms with van der Waals surface area (Å²) in [6.45, 7) is 0. The molecule has 2 N–H and O–H groups in total. The van der Waals surface area contributed by atoms with Crippen LogP contribution in [0.5, 0.6) is 0 Å². The third-order valence-corrected chi connectivity index (χ3v) is 1.50. The summed E-state index contributed by atoms with van der Waals surface area (Å²) in [6.07, 6.45) is 1.73. The van der Waals surface area contributed by atoms with Crippen molar-refractivity contribution in [1.29, 1.82) is 0 Å². The topological polar surface area (TPSA) is 92.2 Å². The Balaban J connectivity index is 2.69. The van der Waals surface area contributed by atoms with Crippen molar-refractivity contribution >= 4 is 17.9 Å². The zero-order chi connectivity index (χ0) is 9.26. The fraction of sp³-hybridized carbons (Fsp3) is 0. The van der Waals surface area contributed by atoms with E-state index in [1.54, 1.807) is 0 Å². The molecule has 7 nitrogen and oxygen atoms in total. The highest BCUT2D eigenvalue weighted by molar-refractivity contribution is 5.70. The fourth-order valence-electron chi connectivity index (χ4n) is 0.980. The lowest BCUT2D eigenvalue weighted by Gasteiger charge is -1.96. The second kappa shape index (κ2) is 2.70. The molecule has 0 radical (unpaired) electrons. The van der Waals surface area contributed by atoms with E-state index in [9.17, 15) is 9.59 Å². The van der Waals surface area contributed by atoms with Crippen LogP contribution in [0, 0.1) is 0 Å². The van der Waals surface area contributed by atoms with Crippen LogP contribution in [-0.2, 0) is 4.79 Å². The van der Waals surface area contributed by atoms with Gasteiger partial charge < -0.3 is 5.32 Å². The highest BCUT2D eigenvalue weighted by atomic mass is 16.1. The van der Waals surface area contributed by atoms with Gasteiger partial charge in [0.25, 0.3) is 0 Å². The number of fused-ring (bicyclic) bond motifs is 1. The molecular weight excluding hydrogens is 174 g/mol. The first-order valence-corrected chi connectivity index (χ1v) is 3.44. The SMILES string of the molecule is O=CNc1cc2ncnn2c(=O)[nH]1. The van der Waals surface area contributed by atoms with E-state index in [0.29, 0.717) is 17.9 Å². The van der Waals surface area contributed by atoms with Gasteiger partial charge in [0.05, 0.1) is 0 Å². The maximum absolute atomic E-state index is 11.2. The maximum Gasteiger partial charge on any atom is 0.349 e. The Morgan fingerprint density at radius 2 is 2.46 bits per heavy atom. The lowest BCUT2D eigenvalue weighted by atomic mass is 10.5. The Bertz CT molecular complexity index is 499. The van der Waals surface area contributed by atoms with E-state index >= 15 is 0 Å². The first-order chi connectivity index (χ1) is 6.31. The zero-order valence-electron chi connectivity index (χ0n) is 6.39. The molecule has 2 aromatic heterocycles. The Labute approximate surface area is 71.4 Å². The smallest absolute Gasteiger partial charge is 0.315 e. The Morgan fingerprint density at radius 1 is 1.62 bits per heavy atom. The minimum absolute atomic E-state index is 0.292. The number of H-pyrrole nitrogens is 1. The van der Waals surface area contributed by atoms with Crippen molar-refractivity contribution in [3.63, 3.8) is 0 Å². The number of carbonyl (C=O) groups is 1. The van der Waals surface area contributed by atoms with Crippen LogP contribution in [0.1, 0.15) is 0 Å². The van der Waals surface area contributed by atoms with Crippen LogP contribution < -0.4 is 11.0 Å². The zero-order valence-corrected chi connectivity index (χ0v) is 6.39. The molecule has 0 aliphatic carbocycles. The Kier molecular flexibility index (Phi) is 1.55. The first kappa shape index (κ1) is 7.47. The average molecular weight is 179 g/mol. The van der Waals surface area contributed by atoms with Crippen LogP contribution in [-0.4, -0.2) is 26.0 Å². The molecule has 13 heavy (non-hydrogen) atoms. The van der Waals surface area contributed by atoms with Crippen molar-refractivity contribution in [3.05, 3.63) is 22.9 Å². The number of aromatic nitrogens is 4. The molecular formula is C6H5N5O2. The second-order valence-corrected chi connectivity index (χ2v) is 2.28. The minimum Gasteiger partial charge on any atom is -0.315 e. The van der Waals surface area contributed by atoms with Gasteiger partial charge in [-0.2, -0.15) is 9.61 Å². The van der Waals surface area contributed by atoms with E-state index < -0.39 is 5.69 Å². The number of amides is 1. The Hall–Kier alpha value is -2.18. The van der Waals surface area contributed by atoms with Gasteiger partial charge in [-0.1, -0.05) is 0 Å². The molecule has 0 saturated heterocycles. The number of hydrogen-bond donors (Lipinski definition) is 2. The van der Waals surface area contributed by atoms with E-state index in [2.05, 4.69) is 20.4 Å². The summed E-state index contributed by atoms with van der Waals surface area (Å²) in [5, 5.41) is 5.98. The summed E-state index contributed by atoms with van der Waals surface area (Å²) >= 11 is 0. The summed E-state index contributed by atoms with van der Waals surface area (Å²) in [5.74, 6) is 0.292. The molecule has 0 aliphatic heterocycles.